The summed E-state index contributed by atoms with van der Waals surface area (Å²) < 4.78 is 11.2. The van der Waals surface area contributed by atoms with Crippen LogP contribution in [0.15, 0.2) is 91.0 Å². The standard InChI is InChI=1S/C29H29NO4/c1-2-3-4-14-21-26(30-29(32)33-22-23-15-8-5-9-16-23)28(31)34-27(24-17-10-6-11-18-24)25-19-12-7-13-20-25/h5-13,15-20,26-27H,2-4,22H2,1H3,(H,30,32). The molecule has 0 saturated heterocycles. The molecule has 3 aromatic rings. The van der Waals surface area contributed by atoms with Gasteiger partial charge in [-0.25, -0.2) is 9.59 Å². The van der Waals surface area contributed by atoms with Crippen LogP contribution in [0.3, 0.4) is 0 Å². The Kier molecular flexibility index (Phi) is 9.76. The van der Waals surface area contributed by atoms with Gasteiger partial charge < -0.3 is 9.47 Å². The minimum atomic E-state index is -1.14. The molecule has 5 heteroatoms. The smallest absolute Gasteiger partial charge is 0.408 e. The van der Waals surface area contributed by atoms with E-state index in [4.69, 9.17) is 9.47 Å². The topological polar surface area (TPSA) is 64.6 Å². The van der Waals surface area contributed by atoms with Gasteiger partial charge in [-0.2, -0.15) is 0 Å². The van der Waals surface area contributed by atoms with Gasteiger partial charge in [0.25, 0.3) is 0 Å². The van der Waals surface area contributed by atoms with Gasteiger partial charge in [-0.1, -0.05) is 110 Å². The first kappa shape index (κ1) is 24.6. The highest BCUT2D eigenvalue weighted by molar-refractivity contribution is 5.84. The molecule has 0 fully saturated rings. The number of carbonyl (C=O) groups is 2. The quantitative estimate of drug-likeness (QED) is 0.251. The molecule has 1 N–H and O–H groups in total. The summed E-state index contributed by atoms with van der Waals surface area (Å²) in [5.41, 5.74) is 2.50. The fraction of sp³-hybridized carbons (Fsp3) is 0.241. The predicted molar refractivity (Wildman–Crippen MR) is 132 cm³/mol. The zero-order valence-electron chi connectivity index (χ0n) is 19.3. The van der Waals surface area contributed by atoms with E-state index in [1.165, 1.54) is 0 Å². The lowest BCUT2D eigenvalue weighted by atomic mass is 10.0. The summed E-state index contributed by atoms with van der Waals surface area (Å²) in [7, 11) is 0. The number of alkyl carbamates (subject to hydrolysis) is 1. The average molecular weight is 456 g/mol. The van der Waals surface area contributed by atoms with Crippen molar-refractivity contribution in [3.8, 4) is 11.8 Å². The fourth-order valence-corrected chi connectivity index (χ4v) is 3.24. The van der Waals surface area contributed by atoms with Crippen LogP contribution in [0.1, 0.15) is 49.0 Å². The minimum Gasteiger partial charge on any atom is -0.450 e. The number of hydrogen-bond acceptors (Lipinski definition) is 4. The van der Waals surface area contributed by atoms with Gasteiger partial charge in [0, 0.05) is 6.42 Å². The Morgan fingerprint density at radius 2 is 1.41 bits per heavy atom. The second-order valence-corrected chi connectivity index (χ2v) is 7.70. The van der Waals surface area contributed by atoms with Crippen molar-refractivity contribution in [1.82, 2.24) is 5.32 Å². The van der Waals surface area contributed by atoms with Gasteiger partial charge in [-0.3, -0.25) is 5.32 Å². The molecule has 34 heavy (non-hydrogen) atoms. The third kappa shape index (κ3) is 7.83. The number of nitrogens with one attached hydrogen (secondary N) is 1. The molecule has 1 amide bonds. The lowest BCUT2D eigenvalue weighted by molar-refractivity contribution is -0.148. The Bertz CT molecular complexity index is 1050. The number of esters is 1. The van der Waals surface area contributed by atoms with Crippen molar-refractivity contribution in [2.24, 2.45) is 0 Å². The maximum atomic E-state index is 13.2. The lowest BCUT2D eigenvalue weighted by Crippen LogP contribution is -2.41. The Morgan fingerprint density at radius 3 is 1.97 bits per heavy atom. The van der Waals surface area contributed by atoms with Gasteiger partial charge in [0.05, 0.1) is 0 Å². The van der Waals surface area contributed by atoms with E-state index in [-0.39, 0.29) is 6.61 Å². The monoisotopic (exact) mass is 455 g/mol. The molecular weight excluding hydrogens is 426 g/mol. The molecule has 1 unspecified atom stereocenters. The fourth-order valence-electron chi connectivity index (χ4n) is 3.24. The molecule has 0 saturated carbocycles. The Morgan fingerprint density at radius 1 is 0.853 bits per heavy atom. The predicted octanol–water partition coefficient (Wildman–Crippen LogP) is 5.81. The number of hydrogen-bond donors (Lipinski definition) is 1. The Hall–Kier alpha value is -4.04. The first-order valence-corrected chi connectivity index (χ1v) is 11.4. The molecule has 3 aromatic carbocycles. The van der Waals surface area contributed by atoms with Gasteiger partial charge in [-0.15, -0.1) is 5.92 Å². The summed E-state index contributed by atoms with van der Waals surface area (Å²) in [4.78, 5) is 25.6. The van der Waals surface area contributed by atoms with E-state index in [0.29, 0.717) is 6.42 Å². The van der Waals surface area contributed by atoms with Crippen LogP contribution in [0.25, 0.3) is 0 Å². The van der Waals surface area contributed by atoms with Crippen LogP contribution in [0.5, 0.6) is 0 Å². The molecule has 174 valence electrons. The van der Waals surface area contributed by atoms with Crippen molar-refractivity contribution in [2.45, 2.75) is 44.9 Å². The molecule has 0 aliphatic heterocycles. The molecule has 0 bridgehead atoms. The largest absolute Gasteiger partial charge is 0.450 e. The number of rotatable bonds is 9. The SMILES string of the molecule is CCCCC#CC(NC(=O)OCc1ccccc1)C(=O)OC(c1ccccc1)c1ccccc1. The number of unbranched alkanes of at least 4 members (excludes halogenated alkanes) is 2. The van der Waals surface area contributed by atoms with Crippen LogP contribution >= 0.6 is 0 Å². The van der Waals surface area contributed by atoms with E-state index in [2.05, 4.69) is 24.1 Å². The first-order valence-electron chi connectivity index (χ1n) is 11.4. The third-order valence-electron chi connectivity index (χ3n) is 5.05. The summed E-state index contributed by atoms with van der Waals surface area (Å²) >= 11 is 0. The number of benzene rings is 3. The lowest BCUT2D eigenvalue weighted by Gasteiger charge is -2.21. The second-order valence-electron chi connectivity index (χ2n) is 7.70. The van der Waals surface area contributed by atoms with E-state index in [1.54, 1.807) is 0 Å². The van der Waals surface area contributed by atoms with Gasteiger partial charge in [0.1, 0.15) is 6.61 Å². The molecule has 1 atom stereocenters. The number of amides is 1. The van der Waals surface area contributed by atoms with Crippen LogP contribution in [0.2, 0.25) is 0 Å². The summed E-state index contributed by atoms with van der Waals surface area (Å²) in [6.07, 6.45) is 1.16. The van der Waals surface area contributed by atoms with E-state index in [1.807, 2.05) is 91.0 Å². The molecule has 3 rings (SSSR count). The average Bonchev–Trinajstić information content (AvgIpc) is 2.89. The maximum Gasteiger partial charge on any atom is 0.408 e. The molecule has 0 aliphatic rings. The van der Waals surface area contributed by atoms with Crippen LogP contribution in [-0.4, -0.2) is 18.1 Å². The normalized spacial score (nSPS) is 11.1. The van der Waals surface area contributed by atoms with Crippen LogP contribution in [-0.2, 0) is 20.9 Å². The third-order valence-corrected chi connectivity index (χ3v) is 5.05. The zero-order chi connectivity index (χ0) is 24.0. The van der Waals surface area contributed by atoms with Crippen molar-refractivity contribution < 1.29 is 19.1 Å². The highest BCUT2D eigenvalue weighted by Crippen LogP contribution is 2.26. The second kappa shape index (κ2) is 13.5. The molecule has 0 radical (unpaired) electrons. The van der Waals surface area contributed by atoms with E-state index >= 15 is 0 Å². The van der Waals surface area contributed by atoms with Crippen molar-refractivity contribution in [3.05, 3.63) is 108 Å². The number of carbonyl (C=O) groups excluding carboxylic acids is 2. The minimum absolute atomic E-state index is 0.0916. The first-order chi connectivity index (χ1) is 16.7. The van der Waals surface area contributed by atoms with Crippen molar-refractivity contribution >= 4 is 12.1 Å². The molecule has 5 nitrogen and oxygen atoms in total. The molecule has 0 heterocycles. The number of ether oxygens (including phenoxy) is 2. The highest BCUT2D eigenvalue weighted by Gasteiger charge is 2.26. The Balaban J connectivity index is 1.74. The van der Waals surface area contributed by atoms with Crippen LogP contribution < -0.4 is 5.32 Å². The van der Waals surface area contributed by atoms with Crippen molar-refractivity contribution in [2.75, 3.05) is 0 Å². The van der Waals surface area contributed by atoms with Crippen molar-refractivity contribution in [1.29, 1.82) is 0 Å². The van der Waals surface area contributed by atoms with Gasteiger partial charge in [0.15, 0.2) is 12.1 Å². The molecule has 0 aliphatic carbocycles. The summed E-state index contributed by atoms with van der Waals surface area (Å²) in [5, 5.41) is 2.56. The summed E-state index contributed by atoms with van der Waals surface area (Å²) in [5.74, 6) is 5.19. The molecule has 0 aromatic heterocycles. The summed E-state index contributed by atoms with van der Waals surface area (Å²) in [6.45, 7) is 2.16. The highest BCUT2D eigenvalue weighted by atomic mass is 16.6. The van der Waals surface area contributed by atoms with E-state index in [9.17, 15) is 9.59 Å². The molecule has 0 spiro atoms. The van der Waals surface area contributed by atoms with Crippen LogP contribution in [0.4, 0.5) is 4.79 Å². The van der Waals surface area contributed by atoms with Gasteiger partial charge in [-0.05, 0) is 23.1 Å². The molecular formula is C29H29NO4. The maximum absolute atomic E-state index is 13.2. The Labute approximate surface area is 201 Å². The van der Waals surface area contributed by atoms with E-state index < -0.39 is 24.2 Å². The zero-order valence-corrected chi connectivity index (χ0v) is 19.3. The summed E-state index contributed by atoms with van der Waals surface area (Å²) in [6, 6.07) is 27.1. The van der Waals surface area contributed by atoms with Crippen molar-refractivity contribution in [3.63, 3.8) is 0 Å². The van der Waals surface area contributed by atoms with Crippen LogP contribution in [0, 0.1) is 11.8 Å². The van der Waals surface area contributed by atoms with Gasteiger partial charge in [0.2, 0.25) is 0 Å². The van der Waals surface area contributed by atoms with E-state index in [0.717, 1.165) is 29.5 Å². The van der Waals surface area contributed by atoms with Gasteiger partial charge >= 0.3 is 12.1 Å².